The van der Waals surface area contributed by atoms with Crippen LogP contribution in [-0.4, -0.2) is 23.3 Å². The predicted molar refractivity (Wildman–Crippen MR) is 48.3 cm³/mol. The van der Waals surface area contributed by atoms with Gasteiger partial charge >= 0.3 is 0 Å². The number of carbonyl (C=O) groups is 2. The van der Waals surface area contributed by atoms with Crippen molar-refractivity contribution in [2.24, 2.45) is 5.73 Å². The van der Waals surface area contributed by atoms with Gasteiger partial charge in [0, 0.05) is 13.0 Å². The molecule has 0 aliphatic carbocycles. The van der Waals surface area contributed by atoms with Crippen molar-refractivity contribution in [3.63, 3.8) is 0 Å². The third kappa shape index (κ3) is 3.20. The molecule has 0 aliphatic heterocycles. The van der Waals surface area contributed by atoms with Gasteiger partial charge in [-0.05, 0) is 0 Å². The van der Waals surface area contributed by atoms with Crippen molar-refractivity contribution in [2.75, 3.05) is 6.54 Å². The van der Waals surface area contributed by atoms with Crippen LogP contribution in [-0.2, 0) is 4.79 Å². The summed E-state index contributed by atoms with van der Waals surface area (Å²) in [5.74, 6) is -0.645. The molecular formula is C7H9N3O2S. The Morgan fingerprint density at radius 1 is 1.62 bits per heavy atom. The number of aromatic nitrogens is 1. The fourth-order valence-electron chi connectivity index (χ4n) is 0.714. The molecule has 0 fully saturated rings. The first kappa shape index (κ1) is 9.66. The summed E-state index contributed by atoms with van der Waals surface area (Å²) < 4.78 is 0. The molecule has 70 valence electrons. The van der Waals surface area contributed by atoms with Crippen LogP contribution < -0.4 is 11.1 Å². The minimum absolute atomic E-state index is 0.157. The zero-order valence-electron chi connectivity index (χ0n) is 6.82. The summed E-state index contributed by atoms with van der Waals surface area (Å²) in [5.41, 5.74) is 6.47. The van der Waals surface area contributed by atoms with Crippen molar-refractivity contribution in [1.29, 1.82) is 0 Å². The fourth-order valence-corrected chi connectivity index (χ4v) is 1.25. The van der Waals surface area contributed by atoms with E-state index in [2.05, 4.69) is 10.3 Å². The zero-order chi connectivity index (χ0) is 9.68. The summed E-state index contributed by atoms with van der Waals surface area (Å²) in [6.45, 7) is 0.270. The Kier molecular flexibility index (Phi) is 3.39. The molecular weight excluding hydrogens is 190 g/mol. The van der Waals surface area contributed by atoms with Gasteiger partial charge in [0.25, 0.3) is 5.91 Å². The molecule has 1 rings (SSSR count). The van der Waals surface area contributed by atoms with Gasteiger partial charge in [-0.2, -0.15) is 0 Å². The lowest BCUT2D eigenvalue weighted by atomic mass is 10.4. The van der Waals surface area contributed by atoms with Crippen LogP contribution in [0.1, 0.15) is 16.1 Å². The molecule has 0 bridgehead atoms. The molecule has 0 aromatic carbocycles. The topological polar surface area (TPSA) is 85.1 Å². The molecule has 1 heterocycles. The van der Waals surface area contributed by atoms with E-state index in [9.17, 15) is 9.59 Å². The van der Waals surface area contributed by atoms with E-state index in [4.69, 9.17) is 5.73 Å². The van der Waals surface area contributed by atoms with Crippen molar-refractivity contribution in [3.05, 3.63) is 16.6 Å². The summed E-state index contributed by atoms with van der Waals surface area (Å²) in [4.78, 5) is 25.8. The van der Waals surface area contributed by atoms with Gasteiger partial charge in [-0.3, -0.25) is 14.6 Å². The third-order valence-corrected chi connectivity index (χ3v) is 2.08. The minimum Gasteiger partial charge on any atom is -0.370 e. The lowest BCUT2D eigenvalue weighted by molar-refractivity contribution is -0.117. The molecule has 3 N–H and O–H groups in total. The summed E-state index contributed by atoms with van der Waals surface area (Å²) in [6.07, 6.45) is 1.63. The number of hydrogen-bond acceptors (Lipinski definition) is 4. The van der Waals surface area contributed by atoms with Crippen molar-refractivity contribution in [3.8, 4) is 0 Å². The Morgan fingerprint density at radius 2 is 2.38 bits per heavy atom. The van der Waals surface area contributed by atoms with Crippen LogP contribution in [0, 0.1) is 0 Å². The minimum atomic E-state index is -0.426. The normalized spacial score (nSPS) is 9.54. The van der Waals surface area contributed by atoms with E-state index in [1.165, 1.54) is 17.5 Å². The average molecular weight is 199 g/mol. The van der Waals surface area contributed by atoms with Gasteiger partial charge in [0.2, 0.25) is 5.91 Å². The Balaban J connectivity index is 2.31. The monoisotopic (exact) mass is 199 g/mol. The van der Waals surface area contributed by atoms with Crippen LogP contribution >= 0.6 is 11.3 Å². The van der Waals surface area contributed by atoms with E-state index in [0.717, 1.165) is 0 Å². The van der Waals surface area contributed by atoms with Gasteiger partial charge in [0.05, 0.1) is 11.7 Å². The summed E-state index contributed by atoms with van der Waals surface area (Å²) in [5, 5.41) is 2.55. The summed E-state index contributed by atoms with van der Waals surface area (Å²) in [6, 6.07) is 0. The number of hydrogen-bond donors (Lipinski definition) is 2. The number of nitrogens with two attached hydrogens (primary N) is 1. The molecule has 13 heavy (non-hydrogen) atoms. The first-order chi connectivity index (χ1) is 6.20. The molecule has 0 saturated heterocycles. The Bertz CT molecular complexity index is 297. The van der Waals surface area contributed by atoms with Crippen molar-refractivity contribution in [1.82, 2.24) is 10.3 Å². The van der Waals surface area contributed by atoms with E-state index < -0.39 is 5.91 Å². The van der Waals surface area contributed by atoms with Crippen LogP contribution in [0.2, 0.25) is 0 Å². The average Bonchev–Trinajstić information content (AvgIpc) is 2.55. The Hall–Kier alpha value is -1.43. The van der Waals surface area contributed by atoms with E-state index in [1.54, 1.807) is 5.51 Å². The molecule has 1 aromatic rings. The van der Waals surface area contributed by atoms with Crippen LogP contribution in [0.25, 0.3) is 0 Å². The van der Waals surface area contributed by atoms with Gasteiger partial charge in [-0.1, -0.05) is 0 Å². The second-order valence-corrected chi connectivity index (χ2v) is 3.22. The maximum Gasteiger partial charge on any atom is 0.263 e. The van der Waals surface area contributed by atoms with E-state index in [0.29, 0.717) is 4.88 Å². The first-order valence-corrected chi connectivity index (χ1v) is 4.53. The number of amides is 2. The molecule has 6 heteroatoms. The van der Waals surface area contributed by atoms with Crippen LogP contribution in [0.15, 0.2) is 11.7 Å². The Morgan fingerprint density at radius 3 is 2.92 bits per heavy atom. The summed E-state index contributed by atoms with van der Waals surface area (Å²) in [7, 11) is 0. The highest BCUT2D eigenvalue weighted by atomic mass is 32.1. The second kappa shape index (κ2) is 4.56. The highest BCUT2D eigenvalue weighted by molar-refractivity contribution is 7.11. The van der Waals surface area contributed by atoms with Crippen LogP contribution in [0.5, 0.6) is 0 Å². The van der Waals surface area contributed by atoms with Gasteiger partial charge in [0.1, 0.15) is 4.88 Å². The number of rotatable bonds is 4. The molecule has 0 aliphatic rings. The highest BCUT2D eigenvalue weighted by Gasteiger charge is 2.05. The van der Waals surface area contributed by atoms with Gasteiger partial charge in [-0.25, -0.2) is 0 Å². The third-order valence-electron chi connectivity index (χ3n) is 1.31. The second-order valence-electron chi connectivity index (χ2n) is 2.34. The Labute approximate surface area is 79.0 Å². The number of carbonyl (C=O) groups excluding carboxylic acids is 2. The lowest BCUT2D eigenvalue weighted by Crippen LogP contribution is -2.27. The fraction of sp³-hybridized carbons (Fsp3) is 0.286. The number of nitrogens with zero attached hydrogens (tertiary/aromatic N) is 1. The summed E-state index contributed by atoms with van der Waals surface area (Å²) >= 11 is 1.25. The zero-order valence-corrected chi connectivity index (χ0v) is 7.63. The van der Waals surface area contributed by atoms with Crippen molar-refractivity contribution < 1.29 is 9.59 Å². The maximum atomic E-state index is 11.2. The van der Waals surface area contributed by atoms with Gasteiger partial charge < -0.3 is 11.1 Å². The van der Waals surface area contributed by atoms with Crippen molar-refractivity contribution >= 4 is 23.2 Å². The smallest absolute Gasteiger partial charge is 0.263 e. The molecule has 5 nitrogen and oxygen atoms in total. The quantitative estimate of drug-likeness (QED) is 0.701. The molecule has 0 spiro atoms. The molecule has 0 saturated carbocycles. The lowest BCUT2D eigenvalue weighted by Gasteiger charge is -1.99. The number of primary amides is 1. The van der Waals surface area contributed by atoms with Crippen molar-refractivity contribution in [2.45, 2.75) is 6.42 Å². The molecule has 2 amide bonds. The van der Waals surface area contributed by atoms with Crippen LogP contribution in [0.4, 0.5) is 0 Å². The largest absolute Gasteiger partial charge is 0.370 e. The SMILES string of the molecule is NC(=O)CCNC(=O)c1cncs1. The van der Waals surface area contributed by atoms with E-state index in [-0.39, 0.29) is 18.9 Å². The molecule has 0 atom stereocenters. The first-order valence-electron chi connectivity index (χ1n) is 3.65. The molecule has 1 aromatic heterocycles. The number of nitrogens with one attached hydrogen (secondary N) is 1. The van der Waals surface area contributed by atoms with Gasteiger partial charge in [0.15, 0.2) is 0 Å². The van der Waals surface area contributed by atoms with E-state index >= 15 is 0 Å². The van der Waals surface area contributed by atoms with Gasteiger partial charge in [-0.15, -0.1) is 11.3 Å². The predicted octanol–water partition coefficient (Wildman–Crippen LogP) is -0.252. The van der Waals surface area contributed by atoms with Crippen LogP contribution in [0.3, 0.4) is 0 Å². The highest BCUT2D eigenvalue weighted by Crippen LogP contribution is 2.04. The van der Waals surface area contributed by atoms with E-state index in [1.807, 2.05) is 0 Å². The molecule has 0 unspecified atom stereocenters. The number of thiazole rings is 1. The maximum absolute atomic E-state index is 11.2. The molecule has 0 radical (unpaired) electrons. The standard InChI is InChI=1S/C7H9N3O2S/c8-6(11)1-2-10-7(12)5-3-9-4-13-5/h3-4H,1-2H2,(H2,8,11)(H,10,12).